The van der Waals surface area contributed by atoms with Crippen LogP contribution in [0, 0.1) is 16.7 Å². The lowest BCUT2D eigenvalue weighted by Gasteiger charge is -2.42. The highest BCUT2D eigenvalue weighted by molar-refractivity contribution is 5.74. The van der Waals surface area contributed by atoms with Crippen LogP contribution in [-0.2, 0) is 4.79 Å². The second-order valence-corrected chi connectivity index (χ2v) is 7.11. The van der Waals surface area contributed by atoms with Gasteiger partial charge in [-0.05, 0) is 56.8 Å². The molecular weight excluding hydrogens is 228 g/mol. The van der Waals surface area contributed by atoms with E-state index in [0.717, 1.165) is 25.7 Å². The van der Waals surface area contributed by atoms with E-state index >= 15 is 0 Å². The molecule has 0 bridgehead atoms. The monoisotopic (exact) mass is 256 g/mol. The molecule has 0 aromatic carbocycles. The van der Waals surface area contributed by atoms with Gasteiger partial charge in [0.05, 0.1) is 11.5 Å². The zero-order chi connectivity index (χ0) is 14.0. The second-order valence-electron chi connectivity index (χ2n) is 7.11. The zero-order valence-corrected chi connectivity index (χ0v) is 12.2. The Morgan fingerprint density at radius 1 is 1.33 bits per heavy atom. The minimum Gasteiger partial charge on any atom is -0.481 e. The van der Waals surface area contributed by atoms with E-state index in [1.807, 2.05) is 0 Å². The van der Waals surface area contributed by atoms with Crippen molar-refractivity contribution in [2.75, 3.05) is 0 Å². The van der Waals surface area contributed by atoms with Crippen molar-refractivity contribution >= 4 is 5.97 Å². The molecule has 18 heavy (non-hydrogen) atoms. The summed E-state index contributed by atoms with van der Waals surface area (Å²) in [6, 6.07) is 0. The smallest absolute Gasteiger partial charge is 0.309 e. The van der Waals surface area contributed by atoms with Gasteiger partial charge in [-0.15, -0.1) is 0 Å². The van der Waals surface area contributed by atoms with E-state index in [9.17, 15) is 15.0 Å². The normalized spacial score (nSPS) is 31.1. The molecule has 3 nitrogen and oxygen atoms in total. The second kappa shape index (κ2) is 5.60. The molecule has 1 aliphatic rings. The summed E-state index contributed by atoms with van der Waals surface area (Å²) in [6.07, 6.45) is 4.31. The molecule has 0 spiro atoms. The summed E-state index contributed by atoms with van der Waals surface area (Å²) in [5, 5.41) is 18.9. The molecule has 106 valence electrons. The van der Waals surface area contributed by atoms with Crippen LogP contribution in [0.2, 0.25) is 0 Å². The van der Waals surface area contributed by atoms with Gasteiger partial charge in [-0.1, -0.05) is 20.8 Å². The number of carbonyl (C=O) groups is 1. The number of aliphatic hydroxyl groups excluding tert-OH is 1. The van der Waals surface area contributed by atoms with Crippen LogP contribution in [0.3, 0.4) is 0 Å². The van der Waals surface area contributed by atoms with Crippen LogP contribution in [-0.4, -0.2) is 22.3 Å². The van der Waals surface area contributed by atoms with Crippen molar-refractivity contribution in [2.45, 2.75) is 72.3 Å². The fourth-order valence-corrected chi connectivity index (χ4v) is 3.09. The van der Waals surface area contributed by atoms with Crippen molar-refractivity contribution in [3.63, 3.8) is 0 Å². The van der Waals surface area contributed by atoms with E-state index in [-0.39, 0.29) is 5.41 Å². The Kier molecular flexibility index (Phi) is 4.82. The molecule has 1 atom stereocenters. The third kappa shape index (κ3) is 3.71. The zero-order valence-electron chi connectivity index (χ0n) is 12.2. The van der Waals surface area contributed by atoms with E-state index in [4.69, 9.17) is 0 Å². The maximum atomic E-state index is 11.6. The first-order chi connectivity index (χ1) is 8.17. The van der Waals surface area contributed by atoms with Gasteiger partial charge in [-0.3, -0.25) is 4.79 Å². The topological polar surface area (TPSA) is 57.5 Å². The van der Waals surface area contributed by atoms with Crippen molar-refractivity contribution in [1.82, 2.24) is 0 Å². The molecule has 0 radical (unpaired) electrons. The van der Waals surface area contributed by atoms with E-state index < -0.39 is 17.5 Å². The number of rotatable bonds is 4. The standard InChI is InChI=1S/C15H28O3/c1-11(16)5-8-15(13(17)18)9-6-12(7-10-15)14(2,3)4/h11-12,16H,5-10H2,1-4H3,(H,17,18). The fourth-order valence-electron chi connectivity index (χ4n) is 3.09. The molecule has 1 rings (SSSR count). The Hall–Kier alpha value is -0.570. The quantitative estimate of drug-likeness (QED) is 0.810. The third-order valence-electron chi connectivity index (χ3n) is 4.66. The predicted molar refractivity (Wildman–Crippen MR) is 72.4 cm³/mol. The van der Waals surface area contributed by atoms with Crippen LogP contribution < -0.4 is 0 Å². The molecule has 1 aliphatic carbocycles. The average Bonchev–Trinajstić information content (AvgIpc) is 2.25. The molecule has 0 aliphatic heterocycles. The van der Waals surface area contributed by atoms with Gasteiger partial charge in [-0.2, -0.15) is 0 Å². The first-order valence-corrected chi connectivity index (χ1v) is 7.09. The molecule has 1 fully saturated rings. The van der Waals surface area contributed by atoms with Gasteiger partial charge in [0.1, 0.15) is 0 Å². The van der Waals surface area contributed by atoms with Crippen molar-refractivity contribution in [1.29, 1.82) is 0 Å². The number of aliphatic carboxylic acids is 1. The number of aliphatic hydroxyl groups is 1. The molecule has 0 aromatic heterocycles. The lowest BCUT2D eigenvalue weighted by molar-refractivity contribution is -0.153. The lowest BCUT2D eigenvalue weighted by atomic mass is 9.62. The van der Waals surface area contributed by atoms with Crippen LogP contribution >= 0.6 is 0 Å². The maximum absolute atomic E-state index is 11.6. The summed E-state index contributed by atoms with van der Waals surface area (Å²) in [6.45, 7) is 8.44. The van der Waals surface area contributed by atoms with Crippen LogP contribution in [0.25, 0.3) is 0 Å². The minimum absolute atomic E-state index is 0.273. The highest BCUT2D eigenvalue weighted by Crippen LogP contribution is 2.47. The van der Waals surface area contributed by atoms with Crippen LogP contribution in [0.5, 0.6) is 0 Å². The molecule has 0 aromatic rings. The lowest BCUT2D eigenvalue weighted by Crippen LogP contribution is -2.38. The first-order valence-electron chi connectivity index (χ1n) is 7.09. The van der Waals surface area contributed by atoms with Crippen molar-refractivity contribution in [2.24, 2.45) is 16.7 Å². The van der Waals surface area contributed by atoms with Gasteiger partial charge in [0.25, 0.3) is 0 Å². The Bertz CT molecular complexity index is 281. The third-order valence-corrected chi connectivity index (χ3v) is 4.66. The molecule has 1 unspecified atom stereocenters. The van der Waals surface area contributed by atoms with E-state index in [1.54, 1.807) is 6.92 Å². The van der Waals surface area contributed by atoms with Gasteiger partial charge < -0.3 is 10.2 Å². The molecule has 0 saturated heterocycles. The number of hydrogen-bond acceptors (Lipinski definition) is 2. The summed E-state index contributed by atoms with van der Waals surface area (Å²) in [4.78, 5) is 11.6. The summed E-state index contributed by atoms with van der Waals surface area (Å²) >= 11 is 0. The van der Waals surface area contributed by atoms with Crippen LogP contribution in [0.1, 0.15) is 66.2 Å². The Morgan fingerprint density at radius 3 is 2.17 bits per heavy atom. The van der Waals surface area contributed by atoms with Gasteiger partial charge >= 0.3 is 5.97 Å². The molecule has 3 heteroatoms. The average molecular weight is 256 g/mol. The van der Waals surface area contributed by atoms with Crippen molar-refractivity contribution in [3.8, 4) is 0 Å². The number of hydrogen-bond donors (Lipinski definition) is 2. The Morgan fingerprint density at radius 2 is 1.83 bits per heavy atom. The summed E-state index contributed by atoms with van der Waals surface area (Å²) in [7, 11) is 0. The highest BCUT2D eigenvalue weighted by Gasteiger charge is 2.43. The van der Waals surface area contributed by atoms with E-state index in [0.29, 0.717) is 18.8 Å². The predicted octanol–water partition coefficient (Wildman–Crippen LogP) is 3.45. The summed E-state index contributed by atoms with van der Waals surface area (Å²) in [5.41, 5.74) is -0.312. The van der Waals surface area contributed by atoms with Gasteiger partial charge in [0.2, 0.25) is 0 Å². The first kappa shape index (κ1) is 15.5. The molecule has 2 N–H and O–H groups in total. The van der Waals surface area contributed by atoms with Crippen LogP contribution in [0.15, 0.2) is 0 Å². The van der Waals surface area contributed by atoms with Gasteiger partial charge in [0.15, 0.2) is 0 Å². The number of carboxylic acid groups (broad SMARTS) is 1. The summed E-state index contributed by atoms with van der Waals surface area (Å²) in [5.74, 6) is -0.0490. The molecular formula is C15H28O3. The van der Waals surface area contributed by atoms with Crippen molar-refractivity contribution in [3.05, 3.63) is 0 Å². The van der Waals surface area contributed by atoms with Crippen molar-refractivity contribution < 1.29 is 15.0 Å². The van der Waals surface area contributed by atoms with E-state index in [1.165, 1.54) is 0 Å². The largest absolute Gasteiger partial charge is 0.481 e. The molecule has 0 heterocycles. The fraction of sp³-hybridized carbons (Fsp3) is 0.933. The highest BCUT2D eigenvalue weighted by atomic mass is 16.4. The Balaban J connectivity index is 2.66. The molecule has 1 saturated carbocycles. The minimum atomic E-state index is -0.671. The SMILES string of the molecule is CC(O)CCC1(C(=O)O)CCC(C(C)(C)C)CC1. The maximum Gasteiger partial charge on any atom is 0.309 e. The Labute approximate surface area is 111 Å². The summed E-state index contributed by atoms with van der Waals surface area (Å²) < 4.78 is 0. The van der Waals surface area contributed by atoms with Crippen LogP contribution in [0.4, 0.5) is 0 Å². The van der Waals surface area contributed by atoms with Gasteiger partial charge in [-0.25, -0.2) is 0 Å². The molecule has 0 amide bonds. The van der Waals surface area contributed by atoms with E-state index in [2.05, 4.69) is 20.8 Å². The number of carboxylic acids is 1. The van der Waals surface area contributed by atoms with Gasteiger partial charge in [0, 0.05) is 0 Å².